The van der Waals surface area contributed by atoms with Crippen molar-refractivity contribution in [3.8, 4) is 0 Å². The molecule has 0 aromatic heterocycles. The van der Waals surface area contributed by atoms with Crippen LogP contribution in [0.2, 0.25) is 0 Å². The highest BCUT2D eigenvalue weighted by molar-refractivity contribution is 5.72. The van der Waals surface area contributed by atoms with Crippen LogP contribution >= 0.6 is 0 Å². The van der Waals surface area contributed by atoms with Crippen LogP contribution in [0.3, 0.4) is 0 Å². The lowest BCUT2D eigenvalue weighted by Gasteiger charge is -2.37. The number of nitrogens with zero attached hydrogens (tertiary/aromatic N) is 1. The molecular weight excluding hydrogens is 218 g/mol. The zero-order valence-electron chi connectivity index (χ0n) is 11.2. The number of hydrogen-bond donors (Lipinski definition) is 1. The van der Waals surface area contributed by atoms with Crippen LogP contribution in [0.25, 0.3) is 0 Å². The van der Waals surface area contributed by atoms with Crippen LogP contribution in [0, 0.1) is 5.92 Å². The van der Waals surface area contributed by atoms with Gasteiger partial charge in [-0.2, -0.15) is 0 Å². The molecule has 1 N–H and O–H groups in total. The molecule has 1 aliphatic carbocycles. The summed E-state index contributed by atoms with van der Waals surface area (Å²) in [5, 5.41) is 10.4. The average Bonchev–Trinajstić information content (AvgIpc) is 2.29. The van der Waals surface area contributed by atoms with E-state index < -0.39 is 5.60 Å². The zero-order valence-corrected chi connectivity index (χ0v) is 11.2. The first-order chi connectivity index (χ1) is 8.00. The minimum Gasteiger partial charge on any atom is -0.466 e. The molecule has 1 fully saturated rings. The molecule has 1 saturated carbocycles. The van der Waals surface area contributed by atoms with E-state index in [-0.39, 0.29) is 11.9 Å². The van der Waals surface area contributed by atoms with Crippen molar-refractivity contribution in [2.45, 2.75) is 45.1 Å². The number of hydrogen-bond acceptors (Lipinski definition) is 4. The van der Waals surface area contributed by atoms with Crippen molar-refractivity contribution in [3.63, 3.8) is 0 Å². The lowest BCUT2D eigenvalue weighted by atomic mass is 9.78. The van der Waals surface area contributed by atoms with E-state index in [0.29, 0.717) is 26.0 Å². The van der Waals surface area contributed by atoms with Crippen molar-refractivity contribution in [2.24, 2.45) is 5.92 Å². The highest BCUT2D eigenvalue weighted by atomic mass is 16.5. The summed E-state index contributed by atoms with van der Waals surface area (Å²) in [7, 11) is 2.01. The maximum Gasteiger partial charge on any atom is 0.308 e. The van der Waals surface area contributed by atoms with Crippen LogP contribution in [0.5, 0.6) is 0 Å². The number of likely N-dealkylation sites (N-methyl/N-ethyl adjacent to an activating group) is 1. The van der Waals surface area contributed by atoms with Gasteiger partial charge in [-0.1, -0.05) is 6.92 Å². The van der Waals surface area contributed by atoms with Gasteiger partial charge in [0.2, 0.25) is 0 Å². The van der Waals surface area contributed by atoms with Gasteiger partial charge in [-0.05, 0) is 46.2 Å². The third-order valence-electron chi connectivity index (χ3n) is 3.64. The Morgan fingerprint density at radius 2 is 2.00 bits per heavy atom. The zero-order chi connectivity index (χ0) is 12.9. The predicted molar refractivity (Wildman–Crippen MR) is 66.7 cm³/mol. The molecule has 1 rings (SSSR count). The molecule has 17 heavy (non-hydrogen) atoms. The van der Waals surface area contributed by atoms with Crippen LogP contribution < -0.4 is 0 Å². The molecule has 0 aromatic rings. The summed E-state index contributed by atoms with van der Waals surface area (Å²) >= 11 is 0. The lowest BCUT2D eigenvalue weighted by Crippen LogP contribution is -2.45. The second-order valence-corrected chi connectivity index (χ2v) is 5.08. The largest absolute Gasteiger partial charge is 0.466 e. The Morgan fingerprint density at radius 3 is 2.47 bits per heavy atom. The number of carbonyl (C=O) groups excluding carboxylic acids is 1. The average molecular weight is 243 g/mol. The van der Waals surface area contributed by atoms with Crippen molar-refractivity contribution in [3.05, 3.63) is 0 Å². The Labute approximate surface area is 104 Å². The Bertz CT molecular complexity index is 247. The van der Waals surface area contributed by atoms with E-state index in [9.17, 15) is 9.90 Å². The highest BCUT2D eigenvalue weighted by Crippen LogP contribution is 2.33. The van der Waals surface area contributed by atoms with E-state index in [4.69, 9.17) is 4.74 Å². The van der Waals surface area contributed by atoms with Gasteiger partial charge >= 0.3 is 5.97 Å². The van der Waals surface area contributed by atoms with Gasteiger partial charge in [-0.15, -0.1) is 0 Å². The molecule has 0 bridgehead atoms. The fraction of sp³-hybridized carbons (Fsp3) is 0.923. The molecule has 0 heterocycles. The Balaban J connectivity index is 2.41. The maximum absolute atomic E-state index is 11.6. The smallest absolute Gasteiger partial charge is 0.308 e. The Hall–Kier alpha value is -0.610. The molecule has 0 atom stereocenters. The summed E-state index contributed by atoms with van der Waals surface area (Å²) in [6, 6.07) is 0. The fourth-order valence-corrected chi connectivity index (χ4v) is 2.42. The molecule has 0 aliphatic heterocycles. The van der Waals surface area contributed by atoms with Crippen LogP contribution in [0.4, 0.5) is 0 Å². The van der Waals surface area contributed by atoms with E-state index in [2.05, 4.69) is 11.8 Å². The SMILES string of the molecule is CCOC(=O)C1CCC(O)(CN(C)CC)CC1. The summed E-state index contributed by atoms with van der Waals surface area (Å²) < 4.78 is 5.02. The van der Waals surface area contributed by atoms with Gasteiger partial charge in [-0.3, -0.25) is 4.79 Å². The molecule has 0 spiro atoms. The van der Waals surface area contributed by atoms with Gasteiger partial charge in [0.05, 0.1) is 18.1 Å². The summed E-state index contributed by atoms with van der Waals surface area (Å²) in [5.41, 5.74) is -0.617. The minimum absolute atomic E-state index is 0.0119. The number of ether oxygens (including phenoxy) is 1. The van der Waals surface area contributed by atoms with Crippen molar-refractivity contribution in [2.75, 3.05) is 26.7 Å². The van der Waals surface area contributed by atoms with Crippen LogP contribution in [-0.4, -0.2) is 48.3 Å². The van der Waals surface area contributed by atoms with E-state index in [1.54, 1.807) is 0 Å². The van der Waals surface area contributed by atoms with Crippen molar-refractivity contribution < 1.29 is 14.6 Å². The first kappa shape index (κ1) is 14.5. The van der Waals surface area contributed by atoms with E-state index in [1.807, 2.05) is 14.0 Å². The van der Waals surface area contributed by atoms with Crippen molar-refractivity contribution in [1.82, 2.24) is 4.90 Å². The standard InChI is InChI=1S/C13H25NO3/c1-4-14(3)10-13(16)8-6-11(7-9-13)12(15)17-5-2/h11,16H,4-10H2,1-3H3. The van der Waals surface area contributed by atoms with E-state index in [0.717, 1.165) is 19.4 Å². The molecule has 0 radical (unpaired) electrons. The first-order valence-electron chi connectivity index (χ1n) is 6.58. The number of rotatable bonds is 5. The molecule has 0 aromatic carbocycles. The molecule has 0 saturated heterocycles. The number of aliphatic hydroxyl groups is 1. The van der Waals surface area contributed by atoms with Gasteiger partial charge in [-0.25, -0.2) is 0 Å². The normalized spacial score (nSPS) is 29.4. The fourth-order valence-electron chi connectivity index (χ4n) is 2.42. The minimum atomic E-state index is -0.617. The summed E-state index contributed by atoms with van der Waals surface area (Å²) in [5.74, 6) is -0.111. The topological polar surface area (TPSA) is 49.8 Å². The Morgan fingerprint density at radius 1 is 1.41 bits per heavy atom. The van der Waals surface area contributed by atoms with Crippen LogP contribution in [0.15, 0.2) is 0 Å². The summed E-state index contributed by atoms with van der Waals surface area (Å²) in [4.78, 5) is 13.7. The second kappa shape index (κ2) is 6.36. The highest BCUT2D eigenvalue weighted by Gasteiger charge is 2.36. The third kappa shape index (κ3) is 4.28. The quantitative estimate of drug-likeness (QED) is 0.742. The first-order valence-corrected chi connectivity index (χ1v) is 6.58. The molecule has 0 amide bonds. The van der Waals surface area contributed by atoms with E-state index in [1.165, 1.54) is 0 Å². The van der Waals surface area contributed by atoms with Gasteiger partial charge in [0, 0.05) is 6.54 Å². The maximum atomic E-state index is 11.6. The van der Waals surface area contributed by atoms with Gasteiger partial charge in [0.25, 0.3) is 0 Å². The van der Waals surface area contributed by atoms with Gasteiger partial charge in [0.1, 0.15) is 0 Å². The lowest BCUT2D eigenvalue weighted by molar-refractivity contribution is -0.151. The van der Waals surface area contributed by atoms with Crippen molar-refractivity contribution >= 4 is 5.97 Å². The van der Waals surface area contributed by atoms with Crippen LogP contribution in [0.1, 0.15) is 39.5 Å². The van der Waals surface area contributed by atoms with Gasteiger partial charge in [0.15, 0.2) is 0 Å². The molecule has 4 nitrogen and oxygen atoms in total. The van der Waals surface area contributed by atoms with Crippen LogP contribution in [-0.2, 0) is 9.53 Å². The summed E-state index contributed by atoms with van der Waals surface area (Å²) in [6.07, 6.45) is 2.88. The van der Waals surface area contributed by atoms with Crippen molar-refractivity contribution in [1.29, 1.82) is 0 Å². The molecule has 4 heteroatoms. The molecule has 100 valence electrons. The Kier molecular flexibility index (Phi) is 5.40. The monoisotopic (exact) mass is 243 g/mol. The van der Waals surface area contributed by atoms with E-state index >= 15 is 0 Å². The molecule has 0 unspecified atom stereocenters. The second-order valence-electron chi connectivity index (χ2n) is 5.08. The molecular formula is C13H25NO3. The predicted octanol–water partition coefficient (Wildman–Crippen LogP) is 1.42. The van der Waals surface area contributed by atoms with Gasteiger partial charge < -0.3 is 14.7 Å². The summed E-state index contributed by atoms with van der Waals surface area (Å²) in [6.45, 7) is 5.97. The third-order valence-corrected chi connectivity index (χ3v) is 3.64. The number of carbonyl (C=O) groups is 1. The molecule has 1 aliphatic rings. The number of esters is 1.